The van der Waals surface area contributed by atoms with E-state index in [1.54, 1.807) is 0 Å². The third-order valence-corrected chi connectivity index (χ3v) is 3.77. The van der Waals surface area contributed by atoms with Gasteiger partial charge in [-0.05, 0) is 25.7 Å². The van der Waals surface area contributed by atoms with E-state index in [2.05, 4.69) is 45.2 Å². The summed E-state index contributed by atoms with van der Waals surface area (Å²) in [5.41, 5.74) is 0. The fraction of sp³-hybridized carbons (Fsp3) is 0.824. The van der Waals surface area contributed by atoms with Crippen LogP contribution in [0.4, 0.5) is 0 Å². The SMILES string of the molecule is CCCC(NC(=O)COC1C#CCCCCC1)[N+](C)(C)C. The van der Waals surface area contributed by atoms with E-state index < -0.39 is 0 Å². The zero-order chi connectivity index (χ0) is 15.7. The third-order valence-electron chi connectivity index (χ3n) is 3.77. The van der Waals surface area contributed by atoms with Gasteiger partial charge in [0.25, 0.3) is 5.91 Å². The minimum absolute atomic E-state index is 0.0367. The zero-order valence-corrected chi connectivity index (χ0v) is 14.1. The number of ether oxygens (including phenoxy) is 1. The van der Waals surface area contributed by atoms with Crippen molar-refractivity contribution in [1.29, 1.82) is 0 Å². The summed E-state index contributed by atoms with van der Waals surface area (Å²) in [6.45, 7) is 2.25. The zero-order valence-electron chi connectivity index (χ0n) is 14.1. The largest absolute Gasteiger partial charge is 0.356 e. The van der Waals surface area contributed by atoms with Gasteiger partial charge in [0.05, 0.1) is 21.1 Å². The van der Waals surface area contributed by atoms with Crippen molar-refractivity contribution >= 4 is 5.91 Å². The Labute approximate surface area is 129 Å². The molecule has 0 bridgehead atoms. The first-order valence-corrected chi connectivity index (χ1v) is 8.14. The Balaban J connectivity index is 2.41. The molecule has 0 aromatic rings. The maximum absolute atomic E-state index is 12.1. The van der Waals surface area contributed by atoms with Gasteiger partial charge in [0, 0.05) is 12.8 Å². The van der Waals surface area contributed by atoms with Gasteiger partial charge in [0.15, 0.2) is 6.17 Å². The summed E-state index contributed by atoms with van der Waals surface area (Å²) < 4.78 is 6.40. The highest BCUT2D eigenvalue weighted by molar-refractivity contribution is 5.77. The predicted octanol–water partition coefficient (Wildman–Crippen LogP) is 2.29. The lowest BCUT2D eigenvalue weighted by Gasteiger charge is -2.34. The number of amides is 1. The van der Waals surface area contributed by atoms with Gasteiger partial charge in [-0.1, -0.05) is 19.3 Å². The van der Waals surface area contributed by atoms with Gasteiger partial charge >= 0.3 is 0 Å². The van der Waals surface area contributed by atoms with Crippen LogP contribution >= 0.6 is 0 Å². The molecule has 1 rings (SSSR count). The Morgan fingerprint density at radius 3 is 2.76 bits per heavy atom. The van der Waals surface area contributed by atoms with Crippen molar-refractivity contribution in [3.05, 3.63) is 0 Å². The van der Waals surface area contributed by atoms with Gasteiger partial charge in [-0.15, -0.1) is 5.92 Å². The van der Waals surface area contributed by atoms with E-state index in [-0.39, 0.29) is 24.8 Å². The molecule has 4 heteroatoms. The number of carbonyl (C=O) groups excluding carboxylic acids is 1. The lowest BCUT2D eigenvalue weighted by Crippen LogP contribution is -2.55. The first-order valence-electron chi connectivity index (χ1n) is 8.14. The standard InChI is InChI=1S/C17H30N2O2/c1-5-11-16(19(2,3)4)18-17(20)14-21-15-12-9-7-6-8-10-13-15/h15-16H,5-9,11-12,14H2,1-4H3/p+1. The third kappa shape index (κ3) is 7.50. The number of hydrogen-bond donors (Lipinski definition) is 1. The van der Waals surface area contributed by atoms with E-state index in [1.165, 1.54) is 12.8 Å². The van der Waals surface area contributed by atoms with E-state index in [0.717, 1.165) is 36.6 Å². The van der Waals surface area contributed by atoms with E-state index in [4.69, 9.17) is 4.74 Å². The van der Waals surface area contributed by atoms with Crippen molar-refractivity contribution in [3.8, 4) is 11.8 Å². The van der Waals surface area contributed by atoms with Crippen LogP contribution in [-0.2, 0) is 9.53 Å². The molecule has 0 aliphatic heterocycles. The molecule has 120 valence electrons. The molecule has 2 unspecified atom stereocenters. The van der Waals surface area contributed by atoms with Gasteiger partial charge in [0.1, 0.15) is 12.7 Å². The number of quaternary nitrogens is 1. The second-order valence-electron chi connectivity index (χ2n) is 6.71. The van der Waals surface area contributed by atoms with Crippen LogP contribution in [0.2, 0.25) is 0 Å². The molecular formula is C17H31N2O2+. The van der Waals surface area contributed by atoms with Gasteiger partial charge in [-0.2, -0.15) is 0 Å². The van der Waals surface area contributed by atoms with Crippen LogP contribution in [0, 0.1) is 11.8 Å². The summed E-state index contributed by atoms with van der Waals surface area (Å²) in [6, 6.07) is 0. The fourth-order valence-electron chi connectivity index (χ4n) is 2.43. The van der Waals surface area contributed by atoms with E-state index in [1.807, 2.05) is 0 Å². The average molecular weight is 295 g/mol. The highest BCUT2D eigenvalue weighted by atomic mass is 16.5. The van der Waals surface area contributed by atoms with Crippen LogP contribution in [0.1, 0.15) is 51.9 Å². The number of hydrogen-bond acceptors (Lipinski definition) is 2. The molecule has 1 amide bonds. The van der Waals surface area contributed by atoms with Crippen LogP contribution in [-0.4, -0.2) is 50.4 Å². The molecular weight excluding hydrogens is 264 g/mol. The smallest absolute Gasteiger partial charge is 0.250 e. The van der Waals surface area contributed by atoms with E-state index in [0.29, 0.717) is 0 Å². The maximum atomic E-state index is 12.1. The molecule has 1 N–H and O–H groups in total. The minimum Gasteiger partial charge on any atom is -0.356 e. The van der Waals surface area contributed by atoms with Gasteiger partial charge in [-0.25, -0.2) is 0 Å². The summed E-state index contributed by atoms with van der Waals surface area (Å²) >= 11 is 0. The Morgan fingerprint density at radius 2 is 2.10 bits per heavy atom. The Kier molecular flexibility index (Phi) is 7.77. The second-order valence-corrected chi connectivity index (χ2v) is 6.71. The highest BCUT2D eigenvalue weighted by Crippen LogP contribution is 2.11. The summed E-state index contributed by atoms with van der Waals surface area (Å²) in [4.78, 5) is 12.1. The topological polar surface area (TPSA) is 38.3 Å². The number of nitrogens with one attached hydrogen (secondary N) is 1. The van der Waals surface area contributed by atoms with Crippen molar-refractivity contribution in [2.45, 2.75) is 64.1 Å². The molecule has 0 spiro atoms. The Morgan fingerprint density at radius 1 is 1.33 bits per heavy atom. The summed E-state index contributed by atoms with van der Waals surface area (Å²) in [7, 11) is 6.30. The maximum Gasteiger partial charge on any atom is 0.250 e. The highest BCUT2D eigenvalue weighted by Gasteiger charge is 2.24. The number of nitrogens with zero attached hydrogens (tertiary/aromatic N) is 1. The first-order chi connectivity index (χ1) is 9.93. The van der Waals surface area contributed by atoms with E-state index in [9.17, 15) is 4.79 Å². The average Bonchev–Trinajstić information content (AvgIpc) is 2.36. The predicted molar refractivity (Wildman–Crippen MR) is 85.5 cm³/mol. The van der Waals surface area contributed by atoms with Crippen molar-refractivity contribution < 1.29 is 14.0 Å². The molecule has 1 aliphatic carbocycles. The van der Waals surface area contributed by atoms with Crippen molar-refractivity contribution in [2.24, 2.45) is 0 Å². The number of rotatable bonds is 7. The van der Waals surface area contributed by atoms with Crippen LogP contribution in [0.15, 0.2) is 0 Å². The van der Waals surface area contributed by atoms with Gasteiger partial charge in [-0.3, -0.25) is 4.79 Å². The molecule has 0 heterocycles. The first kappa shape index (κ1) is 18.0. The molecule has 21 heavy (non-hydrogen) atoms. The lowest BCUT2D eigenvalue weighted by atomic mass is 10.1. The quantitative estimate of drug-likeness (QED) is 0.444. The van der Waals surface area contributed by atoms with Crippen molar-refractivity contribution in [2.75, 3.05) is 27.7 Å². The molecule has 0 fully saturated rings. The molecule has 0 aromatic heterocycles. The number of carbonyl (C=O) groups is 1. The second kappa shape index (κ2) is 9.07. The molecule has 0 aromatic carbocycles. The van der Waals surface area contributed by atoms with Crippen LogP contribution < -0.4 is 5.32 Å². The molecule has 2 atom stereocenters. The van der Waals surface area contributed by atoms with Crippen LogP contribution in [0.25, 0.3) is 0 Å². The van der Waals surface area contributed by atoms with Crippen molar-refractivity contribution in [1.82, 2.24) is 5.32 Å². The lowest BCUT2D eigenvalue weighted by molar-refractivity contribution is -0.898. The Hall–Kier alpha value is -1.05. The molecule has 4 nitrogen and oxygen atoms in total. The summed E-state index contributed by atoms with van der Waals surface area (Å²) in [6.07, 6.45) is 7.49. The molecule has 1 aliphatic rings. The molecule has 0 saturated carbocycles. The summed E-state index contributed by atoms with van der Waals surface area (Å²) in [5.74, 6) is 6.23. The monoisotopic (exact) mass is 295 g/mol. The van der Waals surface area contributed by atoms with Crippen molar-refractivity contribution in [3.63, 3.8) is 0 Å². The van der Waals surface area contributed by atoms with E-state index >= 15 is 0 Å². The van der Waals surface area contributed by atoms with Gasteiger partial charge < -0.3 is 14.5 Å². The van der Waals surface area contributed by atoms with Gasteiger partial charge in [0.2, 0.25) is 0 Å². The minimum atomic E-state index is -0.0789. The Bertz CT molecular complexity index is 376. The normalized spacial score (nSPS) is 20.7. The molecule has 0 radical (unpaired) electrons. The van der Waals surface area contributed by atoms with Crippen LogP contribution in [0.5, 0.6) is 0 Å². The van der Waals surface area contributed by atoms with Crippen LogP contribution in [0.3, 0.4) is 0 Å². The molecule has 0 saturated heterocycles. The summed E-state index contributed by atoms with van der Waals surface area (Å²) in [5, 5.41) is 3.09. The fourth-order valence-corrected chi connectivity index (χ4v) is 2.43.